The van der Waals surface area contributed by atoms with Crippen LogP contribution in [0.5, 0.6) is 0 Å². The third kappa shape index (κ3) is 3.96. The molecule has 0 bridgehead atoms. The molecule has 2 fully saturated rings. The summed E-state index contributed by atoms with van der Waals surface area (Å²) in [6.45, 7) is 6.17. The minimum absolute atomic E-state index is 0.0563. The fraction of sp³-hybridized carbons (Fsp3) is 0.579. The third-order valence-corrected chi connectivity index (χ3v) is 4.88. The van der Waals surface area contributed by atoms with E-state index in [-0.39, 0.29) is 23.8 Å². The average molecular weight is 330 g/mol. The van der Waals surface area contributed by atoms with Gasteiger partial charge in [0.15, 0.2) is 0 Å². The lowest BCUT2D eigenvalue weighted by molar-refractivity contribution is -0.129. The Morgan fingerprint density at radius 1 is 1.33 bits per heavy atom. The van der Waals surface area contributed by atoms with Crippen LogP contribution in [0, 0.1) is 5.92 Å². The van der Waals surface area contributed by atoms with Gasteiger partial charge in [-0.05, 0) is 36.5 Å². The van der Waals surface area contributed by atoms with Gasteiger partial charge in [0.05, 0.1) is 12.0 Å². The maximum absolute atomic E-state index is 12.4. The van der Waals surface area contributed by atoms with Crippen LogP contribution in [0.4, 0.5) is 5.69 Å². The zero-order valence-corrected chi connectivity index (χ0v) is 14.5. The molecular weight excluding hydrogens is 304 g/mol. The summed E-state index contributed by atoms with van der Waals surface area (Å²) < 4.78 is 5.59. The number of anilines is 1. The van der Waals surface area contributed by atoms with E-state index in [1.54, 1.807) is 4.90 Å². The Bertz CT molecular complexity index is 591. The summed E-state index contributed by atoms with van der Waals surface area (Å²) in [4.78, 5) is 26.4. The lowest BCUT2D eigenvalue weighted by Gasteiger charge is -2.20. The zero-order valence-electron chi connectivity index (χ0n) is 14.5. The van der Waals surface area contributed by atoms with E-state index < -0.39 is 0 Å². The highest BCUT2D eigenvalue weighted by molar-refractivity contribution is 5.97. The lowest BCUT2D eigenvalue weighted by atomic mass is 10.0. The standard InChI is InChI=1S/C19H26N2O3/c1-13(2)14-5-7-16(8-6-14)20-19(23)15-10-18(22)21(11-15)12-17-4-3-9-24-17/h5-8,13,15,17H,3-4,9-12H2,1-2H3,(H,20,23). The van der Waals surface area contributed by atoms with Gasteiger partial charge in [0.1, 0.15) is 0 Å². The SMILES string of the molecule is CC(C)c1ccc(NC(=O)C2CC(=O)N(CC3CCCO3)C2)cc1. The molecule has 5 heteroatoms. The Morgan fingerprint density at radius 2 is 2.08 bits per heavy atom. The van der Waals surface area contributed by atoms with E-state index in [4.69, 9.17) is 4.74 Å². The second-order valence-corrected chi connectivity index (χ2v) is 7.10. The predicted octanol–water partition coefficient (Wildman–Crippen LogP) is 2.78. The van der Waals surface area contributed by atoms with E-state index in [0.29, 0.717) is 25.4 Å². The van der Waals surface area contributed by atoms with Gasteiger partial charge in [0.25, 0.3) is 0 Å². The quantitative estimate of drug-likeness (QED) is 0.903. The number of nitrogens with zero attached hydrogens (tertiary/aromatic N) is 1. The fourth-order valence-corrected chi connectivity index (χ4v) is 3.35. The van der Waals surface area contributed by atoms with E-state index >= 15 is 0 Å². The van der Waals surface area contributed by atoms with Gasteiger partial charge in [-0.15, -0.1) is 0 Å². The van der Waals surface area contributed by atoms with Gasteiger partial charge < -0.3 is 15.0 Å². The molecule has 3 rings (SSSR count). The molecule has 2 atom stereocenters. The smallest absolute Gasteiger partial charge is 0.229 e. The number of carbonyl (C=O) groups excluding carboxylic acids is 2. The monoisotopic (exact) mass is 330 g/mol. The van der Waals surface area contributed by atoms with E-state index in [9.17, 15) is 9.59 Å². The number of likely N-dealkylation sites (tertiary alicyclic amines) is 1. The van der Waals surface area contributed by atoms with Crippen molar-refractivity contribution in [3.05, 3.63) is 29.8 Å². The summed E-state index contributed by atoms with van der Waals surface area (Å²) >= 11 is 0. The molecule has 1 aromatic rings. The molecule has 0 aromatic heterocycles. The van der Waals surface area contributed by atoms with Gasteiger partial charge in [-0.1, -0.05) is 26.0 Å². The lowest BCUT2D eigenvalue weighted by Crippen LogP contribution is -2.34. The highest BCUT2D eigenvalue weighted by Gasteiger charge is 2.35. The maximum Gasteiger partial charge on any atom is 0.229 e. The Kier molecular flexibility index (Phi) is 5.19. The van der Waals surface area contributed by atoms with Crippen LogP contribution in [0.3, 0.4) is 0 Å². The molecule has 0 spiro atoms. The van der Waals surface area contributed by atoms with E-state index in [0.717, 1.165) is 25.1 Å². The number of nitrogens with one attached hydrogen (secondary N) is 1. The zero-order chi connectivity index (χ0) is 17.1. The van der Waals surface area contributed by atoms with Crippen molar-refractivity contribution in [3.63, 3.8) is 0 Å². The number of rotatable bonds is 5. The molecule has 2 aliphatic rings. The second kappa shape index (κ2) is 7.34. The van der Waals surface area contributed by atoms with Gasteiger partial charge in [-0.2, -0.15) is 0 Å². The minimum Gasteiger partial charge on any atom is -0.376 e. The highest BCUT2D eigenvalue weighted by atomic mass is 16.5. The molecule has 24 heavy (non-hydrogen) atoms. The van der Waals surface area contributed by atoms with Crippen LogP contribution in [-0.2, 0) is 14.3 Å². The van der Waals surface area contributed by atoms with Crippen molar-refractivity contribution < 1.29 is 14.3 Å². The molecular formula is C19H26N2O3. The van der Waals surface area contributed by atoms with Crippen molar-refractivity contribution in [1.29, 1.82) is 0 Å². The Balaban J connectivity index is 1.54. The number of carbonyl (C=O) groups is 2. The largest absolute Gasteiger partial charge is 0.376 e. The Hall–Kier alpha value is -1.88. The van der Waals surface area contributed by atoms with Crippen molar-refractivity contribution in [2.24, 2.45) is 5.92 Å². The fourth-order valence-electron chi connectivity index (χ4n) is 3.35. The molecule has 0 aliphatic carbocycles. The molecule has 1 aromatic carbocycles. The number of amides is 2. The van der Waals surface area contributed by atoms with Crippen LogP contribution in [0.2, 0.25) is 0 Å². The van der Waals surface area contributed by atoms with Gasteiger partial charge in [0.2, 0.25) is 11.8 Å². The van der Waals surface area contributed by atoms with Crippen molar-refractivity contribution in [1.82, 2.24) is 4.90 Å². The average Bonchev–Trinajstić information content (AvgIpc) is 3.19. The molecule has 2 heterocycles. The molecule has 1 N–H and O–H groups in total. The van der Waals surface area contributed by atoms with Gasteiger partial charge >= 0.3 is 0 Å². The summed E-state index contributed by atoms with van der Waals surface area (Å²) in [7, 11) is 0. The molecule has 2 aliphatic heterocycles. The van der Waals surface area contributed by atoms with Crippen LogP contribution >= 0.6 is 0 Å². The first-order chi connectivity index (χ1) is 11.5. The van der Waals surface area contributed by atoms with Crippen LogP contribution in [-0.4, -0.2) is 42.5 Å². The van der Waals surface area contributed by atoms with Crippen LogP contribution in [0.25, 0.3) is 0 Å². The molecule has 0 saturated carbocycles. The first kappa shape index (κ1) is 17.0. The molecule has 5 nitrogen and oxygen atoms in total. The minimum atomic E-state index is -0.274. The molecule has 2 unspecified atom stereocenters. The number of benzene rings is 1. The number of hydrogen-bond donors (Lipinski definition) is 1. The van der Waals surface area contributed by atoms with Gasteiger partial charge in [-0.25, -0.2) is 0 Å². The summed E-state index contributed by atoms with van der Waals surface area (Å²) in [5.74, 6) is 0.175. The topological polar surface area (TPSA) is 58.6 Å². The molecule has 2 saturated heterocycles. The van der Waals surface area contributed by atoms with Crippen LogP contribution in [0.15, 0.2) is 24.3 Å². The van der Waals surface area contributed by atoms with E-state index in [1.165, 1.54) is 5.56 Å². The van der Waals surface area contributed by atoms with Gasteiger partial charge in [-0.3, -0.25) is 9.59 Å². The summed E-state index contributed by atoms with van der Waals surface area (Å²) in [6.07, 6.45) is 2.49. The van der Waals surface area contributed by atoms with Crippen LogP contribution < -0.4 is 5.32 Å². The molecule has 130 valence electrons. The van der Waals surface area contributed by atoms with Crippen molar-refractivity contribution in [2.75, 3.05) is 25.0 Å². The van der Waals surface area contributed by atoms with E-state index in [1.807, 2.05) is 24.3 Å². The summed E-state index contributed by atoms with van der Waals surface area (Å²) in [5, 5.41) is 2.94. The summed E-state index contributed by atoms with van der Waals surface area (Å²) in [6, 6.07) is 7.91. The molecule has 2 amide bonds. The number of ether oxygens (including phenoxy) is 1. The Morgan fingerprint density at radius 3 is 2.71 bits per heavy atom. The normalized spacial score (nSPS) is 24.0. The summed E-state index contributed by atoms with van der Waals surface area (Å²) in [5.41, 5.74) is 2.03. The molecule has 0 radical (unpaired) electrons. The highest BCUT2D eigenvalue weighted by Crippen LogP contribution is 2.23. The Labute approximate surface area is 143 Å². The van der Waals surface area contributed by atoms with Gasteiger partial charge in [0, 0.05) is 31.8 Å². The first-order valence-corrected chi connectivity index (χ1v) is 8.83. The number of hydrogen-bond acceptors (Lipinski definition) is 3. The van der Waals surface area contributed by atoms with Crippen molar-refractivity contribution >= 4 is 17.5 Å². The third-order valence-electron chi connectivity index (χ3n) is 4.88. The van der Waals surface area contributed by atoms with Crippen molar-refractivity contribution in [3.8, 4) is 0 Å². The van der Waals surface area contributed by atoms with Crippen molar-refractivity contribution in [2.45, 2.75) is 45.1 Å². The van der Waals surface area contributed by atoms with E-state index in [2.05, 4.69) is 19.2 Å². The maximum atomic E-state index is 12.4. The second-order valence-electron chi connectivity index (χ2n) is 7.10. The predicted molar refractivity (Wildman–Crippen MR) is 92.8 cm³/mol. The van der Waals surface area contributed by atoms with Crippen LogP contribution in [0.1, 0.15) is 44.6 Å². The first-order valence-electron chi connectivity index (χ1n) is 8.83.